The minimum atomic E-state index is -0.272. The molecule has 1 aromatic heterocycles. The van der Waals surface area contributed by atoms with Crippen molar-refractivity contribution in [1.82, 2.24) is 4.90 Å². The van der Waals surface area contributed by atoms with Crippen molar-refractivity contribution in [3.05, 3.63) is 30.2 Å². The van der Waals surface area contributed by atoms with Gasteiger partial charge in [-0.25, -0.2) is 0 Å². The largest absolute Gasteiger partial charge is 0.466 e. The number of hydrogen-bond acceptors (Lipinski definition) is 4. The molecule has 0 fully saturated rings. The third-order valence-electron chi connectivity index (χ3n) is 3.17. The zero-order valence-corrected chi connectivity index (χ0v) is 13.4. The number of furan rings is 1. The minimum absolute atomic E-state index is 0.114. The molecule has 1 aromatic rings. The van der Waals surface area contributed by atoms with Crippen LogP contribution in [0.15, 0.2) is 28.9 Å². The molecule has 1 amide bonds. The highest BCUT2D eigenvalue weighted by Crippen LogP contribution is 2.06. The lowest BCUT2D eigenvalue weighted by molar-refractivity contribution is -0.143. The average molecular weight is 307 g/mol. The van der Waals surface area contributed by atoms with Gasteiger partial charge in [0.05, 0.1) is 19.3 Å². The van der Waals surface area contributed by atoms with Gasteiger partial charge < -0.3 is 14.1 Å². The summed E-state index contributed by atoms with van der Waals surface area (Å²) in [4.78, 5) is 25.4. The minimum Gasteiger partial charge on any atom is -0.466 e. The Hall–Kier alpha value is -2.04. The predicted octanol–water partition coefficient (Wildman–Crippen LogP) is 3.26. The van der Waals surface area contributed by atoms with Crippen LogP contribution < -0.4 is 0 Å². The van der Waals surface area contributed by atoms with Crippen molar-refractivity contribution in [1.29, 1.82) is 0 Å². The molecule has 0 aliphatic heterocycles. The quantitative estimate of drug-likeness (QED) is 0.378. The topological polar surface area (TPSA) is 59.8 Å². The van der Waals surface area contributed by atoms with Gasteiger partial charge in [0.15, 0.2) is 0 Å². The maximum absolute atomic E-state index is 12.2. The molecule has 1 rings (SSSR count). The highest BCUT2D eigenvalue weighted by atomic mass is 16.5. The Morgan fingerprint density at radius 1 is 1.27 bits per heavy atom. The summed E-state index contributed by atoms with van der Waals surface area (Å²) in [6.45, 7) is 5.27. The number of rotatable bonds is 10. The molecular weight excluding hydrogens is 282 g/mol. The highest BCUT2D eigenvalue weighted by molar-refractivity contribution is 5.91. The Balaban J connectivity index is 2.54. The summed E-state index contributed by atoms with van der Waals surface area (Å²) < 4.78 is 10.1. The Kier molecular flexibility index (Phi) is 8.72. The lowest BCUT2D eigenvalue weighted by Crippen LogP contribution is -2.33. The molecule has 0 N–H and O–H groups in total. The van der Waals surface area contributed by atoms with Crippen LogP contribution in [-0.4, -0.2) is 36.5 Å². The summed E-state index contributed by atoms with van der Waals surface area (Å²) in [7, 11) is 0. The van der Waals surface area contributed by atoms with Crippen molar-refractivity contribution in [3.8, 4) is 0 Å². The van der Waals surface area contributed by atoms with Crippen molar-refractivity contribution < 1.29 is 18.7 Å². The average Bonchev–Trinajstić information content (AvgIpc) is 3.02. The molecule has 0 saturated heterocycles. The van der Waals surface area contributed by atoms with E-state index >= 15 is 0 Å². The Labute approximate surface area is 131 Å². The normalized spacial score (nSPS) is 10.8. The van der Waals surface area contributed by atoms with Gasteiger partial charge in [-0.05, 0) is 31.6 Å². The molecule has 0 aromatic carbocycles. The van der Waals surface area contributed by atoms with Crippen LogP contribution in [-0.2, 0) is 14.3 Å². The molecule has 0 bridgehead atoms. The van der Waals surface area contributed by atoms with Gasteiger partial charge in [0, 0.05) is 19.2 Å². The van der Waals surface area contributed by atoms with Crippen LogP contribution in [0.4, 0.5) is 0 Å². The maximum atomic E-state index is 12.2. The second-order valence-electron chi connectivity index (χ2n) is 4.94. The first-order valence-electron chi connectivity index (χ1n) is 7.83. The van der Waals surface area contributed by atoms with Gasteiger partial charge in [-0.3, -0.25) is 9.59 Å². The van der Waals surface area contributed by atoms with Crippen LogP contribution in [0.5, 0.6) is 0 Å². The van der Waals surface area contributed by atoms with E-state index in [4.69, 9.17) is 9.15 Å². The Morgan fingerprint density at radius 2 is 2.09 bits per heavy atom. The number of esters is 1. The van der Waals surface area contributed by atoms with E-state index in [2.05, 4.69) is 6.92 Å². The van der Waals surface area contributed by atoms with Gasteiger partial charge in [0.25, 0.3) is 0 Å². The summed E-state index contributed by atoms with van der Waals surface area (Å²) in [5.74, 6) is 0.245. The third kappa shape index (κ3) is 7.11. The van der Waals surface area contributed by atoms with Gasteiger partial charge >= 0.3 is 5.97 Å². The van der Waals surface area contributed by atoms with Gasteiger partial charge in [-0.2, -0.15) is 0 Å². The number of nitrogens with zero attached hydrogens (tertiary/aromatic N) is 1. The van der Waals surface area contributed by atoms with E-state index in [1.165, 1.54) is 6.08 Å². The van der Waals surface area contributed by atoms with E-state index in [-0.39, 0.29) is 18.3 Å². The Bertz CT molecular complexity index is 465. The van der Waals surface area contributed by atoms with Crippen LogP contribution in [0, 0.1) is 0 Å². The van der Waals surface area contributed by atoms with E-state index in [0.717, 1.165) is 19.3 Å². The predicted molar refractivity (Wildman–Crippen MR) is 85.1 cm³/mol. The molecule has 0 unspecified atom stereocenters. The molecular formula is C17H25NO4. The van der Waals surface area contributed by atoms with Crippen molar-refractivity contribution in [2.24, 2.45) is 0 Å². The molecule has 0 aliphatic rings. The molecule has 0 radical (unpaired) electrons. The smallest absolute Gasteiger partial charge is 0.307 e. The molecule has 0 saturated carbocycles. The first-order chi connectivity index (χ1) is 10.7. The summed E-state index contributed by atoms with van der Waals surface area (Å²) in [5.41, 5.74) is 0. The van der Waals surface area contributed by atoms with Crippen LogP contribution in [0.1, 0.15) is 45.3 Å². The zero-order valence-electron chi connectivity index (χ0n) is 13.4. The lowest BCUT2D eigenvalue weighted by atomic mass is 10.2. The fourth-order valence-electron chi connectivity index (χ4n) is 1.99. The maximum Gasteiger partial charge on any atom is 0.307 e. The molecule has 0 atom stereocenters. The highest BCUT2D eigenvalue weighted by Gasteiger charge is 2.13. The van der Waals surface area contributed by atoms with Crippen LogP contribution in [0.2, 0.25) is 0 Å². The summed E-state index contributed by atoms with van der Waals surface area (Å²) >= 11 is 0. The molecule has 122 valence electrons. The van der Waals surface area contributed by atoms with E-state index in [1.54, 1.807) is 36.3 Å². The molecule has 0 spiro atoms. The van der Waals surface area contributed by atoms with Crippen LogP contribution in [0.3, 0.4) is 0 Å². The van der Waals surface area contributed by atoms with E-state index in [0.29, 0.717) is 25.5 Å². The summed E-state index contributed by atoms with van der Waals surface area (Å²) in [5, 5.41) is 0. The SMILES string of the molecule is CCCCCN(CCC(=O)OCC)C(=O)/C=C/c1ccco1. The third-order valence-corrected chi connectivity index (χ3v) is 3.17. The standard InChI is InChI=1S/C17H25NO4/c1-3-5-6-12-18(13-11-17(20)21-4-2)16(19)10-9-15-8-7-14-22-15/h7-10,14H,3-6,11-13H2,1-2H3/b10-9+. The van der Waals surface area contributed by atoms with E-state index in [1.807, 2.05) is 0 Å². The number of hydrogen-bond donors (Lipinski definition) is 0. The first kappa shape index (κ1) is 18.0. The second kappa shape index (κ2) is 10.7. The first-order valence-corrected chi connectivity index (χ1v) is 7.83. The van der Waals surface area contributed by atoms with Crippen LogP contribution in [0.25, 0.3) is 6.08 Å². The van der Waals surface area contributed by atoms with Crippen LogP contribution >= 0.6 is 0 Å². The van der Waals surface area contributed by atoms with Gasteiger partial charge in [0.1, 0.15) is 5.76 Å². The molecule has 0 aliphatic carbocycles. The molecule has 22 heavy (non-hydrogen) atoms. The second-order valence-corrected chi connectivity index (χ2v) is 4.94. The summed E-state index contributed by atoms with van der Waals surface area (Å²) in [6.07, 6.45) is 7.98. The molecule has 1 heterocycles. The van der Waals surface area contributed by atoms with Gasteiger partial charge in [-0.15, -0.1) is 0 Å². The number of carbonyl (C=O) groups is 2. The molecule has 5 nitrogen and oxygen atoms in total. The molecule has 5 heteroatoms. The van der Waals surface area contributed by atoms with E-state index < -0.39 is 0 Å². The van der Waals surface area contributed by atoms with Gasteiger partial charge in [-0.1, -0.05) is 19.8 Å². The van der Waals surface area contributed by atoms with E-state index in [9.17, 15) is 9.59 Å². The zero-order chi connectivity index (χ0) is 16.2. The number of ether oxygens (including phenoxy) is 1. The number of carbonyl (C=O) groups excluding carboxylic acids is 2. The van der Waals surface area contributed by atoms with Crippen molar-refractivity contribution in [2.75, 3.05) is 19.7 Å². The number of unbranched alkanes of at least 4 members (excludes halogenated alkanes) is 2. The van der Waals surface area contributed by atoms with Gasteiger partial charge in [0.2, 0.25) is 5.91 Å². The van der Waals surface area contributed by atoms with Crippen molar-refractivity contribution in [2.45, 2.75) is 39.5 Å². The fourth-order valence-corrected chi connectivity index (χ4v) is 1.99. The monoisotopic (exact) mass is 307 g/mol. The lowest BCUT2D eigenvalue weighted by Gasteiger charge is -2.20. The fraction of sp³-hybridized carbons (Fsp3) is 0.529. The summed E-state index contributed by atoms with van der Waals surface area (Å²) in [6, 6.07) is 3.55. The number of amides is 1. The van der Waals surface area contributed by atoms with Crippen molar-refractivity contribution >= 4 is 18.0 Å². The Morgan fingerprint density at radius 3 is 2.73 bits per heavy atom. The van der Waals surface area contributed by atoms with Crippen molar-refractivity contribution in [3.63, 3.8) is 0 Å².